The summed E-state index contributed by atoms with van der Waals surface area (Å²) in [6, 6.07) is 0. The van der Waals surface area contributed by atoms with Crippen molar-refractivity contribution < 1.29 is 14.6 Å². The van der Waals surface area contributed by atoms with E-state index in [1.165, 1.54) is 0 Å². The van der Waals surface area contributed by atoms with Crippen molar-refractivity contribution in [1.29, 1.82) is 0 Å². The molecule has 1 spiro atoms. The van der Waals surface area contributed by atoms with E-state index >= 15 is 0 Å². The molecule has 2 aliphatic heterocycles. The molecule has 4 heteroatoms. The molecule has 16 heavy (non-hydrogen) atoms. The zero-order valence-corrected chi connectivity index (χ0v) is 9.95. The second kappa shape index (κ2) is 4.72. The maximum absolute atomic E-state index is 11.4. The van der Waals surface area contributed by atoms with Gasteiger partial charge in [-0.3, -0.25) is 4.79 Å². The zero-order chi connectivity index (χ0) is 11.6. The number of rotatable bonds is 3. The van der Waals surface area contributed by atoms with Gasteiger partial charge in [-0.1, -0.05) is 6.92 Å². The molecule has 0 aromatic heterocycles. The molecule has 0 amide bonds. The summed E-state index contributed by atoms with van der Waals surface area (Å²) in [5, 5.41) is 9.35. The molecule has 0 bridgehead atoms. The van der Waals surface area contributed by atoms with Crippen molar-refractivity contribution in [1.82, 2.24) is 4.90 Å². The summed E-state index contributed by atoms with van der Waals surface area (Å²) >= 11 is 0. The third kappa shape index (κ3) is 2.09. The van der Waals surface area contributed by atoms with Crippen LogP contribution in [0.1, 0.15) is 26.2 Å². The molecule has 0 radical (unpaired) electrons. The summed E-state index contributed by atoms with van der Waals surface area (Å²) in [5.41, 5.74) is -0.0146. The minimum absolute atomic E-state index is 0.0146. The fraction of sp³-hybridized carbons (Fsp3) is 0.917. The lowest BCUT2D eigenvalue weighted by Gasteiger charge is -2.36. The normalized spacial score (nSPS) is 29.7. The number of hydrogen-bond acceptors (Lipinski definition) is 3. The molecule has 2 aliphatic rings. The molecule has 2 fully saturated rings. The Bertz CT molecular complexity index is 261. The van der Waals surface area contributed by atoms with E-state index in [1.807, 2.05) is 0 Å². The van der Waals surface area contributed by atoms with E-state index in [0.29, 0.717) is 0 Å². The highest BCUT2D eigenvalue weighted by atomic mass is 16.5. The summed E-state index contributed by atoms with van der Waals surface area (Å²) < 4.78 is 5.37. The van der Waals surface area contributed by atoms with Gasteiger partial charge in [0.2, 0.25) is 0 Å². The standard InChI is InChI=1S/C12H21NO3/c1-2-5-13-8-10(11(14)15)12(9-13)3-6-16-7-4-12/h10H,2-9H2,1H3,(H,14,15)/t10-/m0/s1. The Balaban J connectivity index is 2.11. The van der Waals surface area contributed by atoms with E-state index in [4.69, 9.17) is 4.74 Å². The maximum Gasteiger partial charge on any atom is 0.308 e. The van der Waals surface area contributed by atoms with Crippen LogP contribution in [0.3, 0.4) is 0 Å². The number of nitrogens with zero attached hydrogens (tertiary/aromatic N) is 1. The highest BCUT2D eigenvalue weighted by molar-refractivity contribution is 5.72. The molecule has 0 saturated carbocycles. The second-order valence-corrected chi connectivity index (χ2v) is 5.10. The number of aliphatic carboxylic acids is 1. The van der Waals surface area contributed by atoms with Gasteiger partial charge >= 0.3 is 5.97 Å². The van der Waals surface area contributed by atoms with Crippen LogP contribution >= 0.6 is 0 Å². The summed E-state index contributed by atoms with van der Waals surface area (Å²) in [7, 11) is 0. The first kappa shape index (κ1) is 11.9. The van der Waals surface area contributed by atoms with Crippen LogP contribution < -0.4 is 0 Å². The van der Waals surface area contributed by atoms with Crippen molar-refractivity contribution in [2.45, 2.75) is 26.2 Å². The number of carbonyl (C=O) groups is 1. The molecule has 0 unspecified atom stereocenters. The van der Waals surface area contributed by atoms with Crippen molar-refractivity contribution in [3.05, 3.63) is 0 Å². The lowest BCUT2D eigenvalue weighted by atomic mass is 9.72. The number of ether oxygens (including phenoxy) is 1. The summed E-state index contributed by atoms with van der Waals surface area (Å²) in [4.78, 5) is 13.7. The fourth-order valence-electron chi connectivity index (χ4n) is 3.18. The van der Waals surface area contributed by atoms with Gasteiger partial charge in [-0.25, -0.2) is 0 Å². The van der Waals surface area contributed by atoms with Gasteiger partial charge in [0, 0.05) is 31.7 Å². The van der Waals surface area contributed by atoms with Gasteiger partial charge in [0.1, 0.15) is 0 Å². The first-order valence-electron chi connectivity index (χ1n) is 6.21. The fourth-order valence-corrected chi connectivity index (χ4v) is 3.18. The predicted octanol–water partition coefficient (Wildman–Crippen LogP) is 1.21. The van der Waals surface area contributed by atoms with Crippen molar-refractivity contribution >= 4 is 5.97 Å². The third-order valence-electron chi connectivity index (χ3n) is 4.04. The molecular weight excluding hydrogens is 206 g/mol. The Morgan fingerprint density at radius 3 is 2.75 bits per heavy atom. The van der Waals surface area contributed by atoms with Crippen molar-refractivity contribution in [2.75, 3.05) is 32.8 Å². The lowest BCUT2D eigenvalue weighted by molar-refractivity contribution is -0.146. The van der Waals surface area contributed by atoms with E-state index in [1.54, 1.807) is 0 Å². The van der Waals surface area contributed by atoms with Crippen LogP contribution in [-0.4, -0.2) is 48.8 Å². The monoisotopic (exact) mass is 227 g/mol. The van der Waals surface area contributed by atoms with Gasteiger partial charge in [0.15, 0.2) is 0 Å². The molecule has 2 rings (SSSR count). The van der Waals surface area contributed by atoms with Crippen LogP contribution in [0, 0.1) is 11.3 Å². The van der Waals surface area contributed by atoms with E-state index in [2.05, 4.69) is 11.8 Å². The van der Waals surface area contributed by atoms with Crippen LogP contribution in [0.4, 0.5) is 0 Å². The smallest absolute Gasteiger partial charge is 0.308 e. The summed E-state index contributed by atoms with van der Waals surface area (Å²) in [6.07, 6.45) is 2.91. The number of carboxylic acids is 1. The first-order chi connectivity index (χ1) is 7.68. The number of likely N-dealkylation sites (tertiary alicyclic amines) is 1. The van der Waals surface area contributed by atoms with E-state index < -0.39 is 5.97 Å². The molecule has 92 valence electrons. The largest absolute Gasteiger partial charge is 0.481 e. The van der Waals surface area contributed by atoms with Crippen LogP contribution in [0.2, 0.25) is 0 Å². The van der Waals surface area contributed by atoms with E-state index in [0.717, 1.165) is 52.1 Å². The SMILES string of the molecule is CCCN1C[C@@H](C(=O)O)C2(CCOCC2)C1. The first-order valence-corrected chi connectivity index (χ1v) is 6.21. The Morgan fingerprint density at radius 2 is 2.19 bits per heavy atom. The molecule has 0 aliphatic carbocycles. The highest BCUT2D eigenvalue weighted by Gasteiger charge is 2.50. The quantitative estimate of drug-likeness (QED) is 0.787. The Kier molecular flexibility index (Phi) is 3.50. The average Bonchev–Trinajstić information content (AvgIpc) is 2.59. The van der Waals surface area contributed by atoms with Crippen molar-refractivity contribution in [3.63, 3.8) is 0 Å². The van der Waals surface area contributed by atoms with Crippen LogP contribution in [-0.2, 0) is 9.53 Å². The van der Waals surface area contributed by atoms with Crippen molar-refractivity contribution in [3.8, 4) is 0 Å². The van der Waals surface area contributed by atoms with Gasteiger partial charge < -0.3 is 14.7 Å². The van der Waals surface area contributed by atoms with E-state index in [9.17, 15) is 9.90 Å². The van der Waals surface area contributed by atoms with Crippen LogP contribution in [0.25, 0.3) is 0 Å². The molecular formula is C12H21NO3. The molecule has 4 nitrogen and oxygen atoms in total. The maximum atomic E-state index is 11.4. The molecule has 0 aromatic carbocycles. The molecule has 0 aromatic rings. The molecule has 1 atom stereocenters. The van der Waals surface area contributed by atoms with Crippen LogP contribution in [0.5, 0.6) is 0 Å². The van der Waals surface area contributed by atoms with Gasteiger partial charge in [-0.05, 0) is 25.8 Å². The Morgan fingerprint density at radius 1 is 1.50 bits per heavy atom. The molecule has 2 saturated heterocycles. The summed E-state index contributed by atoms with van der Waals surface area (Å²) in [5.74, 6) is -0.816. The lowest BCUT2D eigenvalue weighted by Crippen LogP contribution is -2.40. The molecule has 2 heterocycles. The average molecular weight is 227 g/mol. The molecule has 1 N–H and O–H groups in total. The van der Waals surface area contributed by atoms with Gasteiger partial charge in [-0.15, -0.1) is 0 Å². The number of hydrogen-bond donors (Lipinski definition) is 1. The van der Waals surface area contributed by atoms with Crippen LogP contribution in [0.15, 0.2) is 0 Å². The highest BCUT2D eigenvalue weighted by Crippen LogP contribution is 2.44. The Labute approximate surface area is 96.6 Å². The zero-order valence-electron chi connectivity index (χ0n) is 9.95. The third-order valence-corrected chi connectivity index (χ3v) is 4.04. The number of carboxylic acid groups (broad SMARTS) is 1. The van der Waals surface area contributed by atoms with E-state index in [-0.39, 0.29) is 11.3 Å². The topological polar surface area (TPSA) is 49.8 Å². The van der Waals surface area contributed by atoms with Gasteiger partial charge in [0.25, 0.3) is 0 Å². The van der Waals surface area contributed by atoms with Gasteiger partial charge in [-0.2, -0.15) is 0 Å². The Hall–Kier alpha value is -0.610. The summed E-state index contributed by atoms with van der Waals surface area (Å²) in [6.45, 7) is 6.29. The predicted molar refractivity (Wildman–Crippen MR) is 60.3 cm³/mol. The minimum atomic E-state index is -0.625. The second-order valence-electron chi connectivity index (χ2n) is 5.10. The van der Waals surface area contributed by atoms with Gasteiger partial charge in [0.05, 0.1) is 5.92 Å². The van der Waals surface area contributed by atoms with Crippen molar-refractivity contribution in [2.24, 2.45) is 11.3 Å². The minimum Gasteiger partial charge on any atom is -0.481 e.